The van der Waals surface area contributed by atoms with Gasteiger partial charge in [0.05, 0.1) is 17.3 Å². The fraction of sp³-hybridized carbons (Fsp3) is 0.613. The largest absolute Gasteiger partial charge is 0.352 e. The first-order valence-electron chi connectivity index (χ1n) is 14.8. The summed E-state index contributed by atoms with van der Waals surface area (Å²) in [6.45, 7) is 11.4. The zero-order valence-electron chi connectivity index (χ0n) is 25.3. The van der Waals surface area contributed by atoms with Crippen molar-refractivity contribution in [1.29, 1.82) is 0 Å². The smallest absolute Gasteiger partial charge is 0.251 e. The van der Waals surface area contributed by atoms with Gasteiger partial charge >= 0.3 is 0 Å². The number of nitrogens with one attached hydrogen (secondary N) is 3. The summed E-state index contributed by atoms with van der Waals surface area (Å²) in [5, 5.41) is 12.7. The van der Waals surface area contributed by atoms with E-state index in [1.807, 2.05) is 20.2 Å². The molecular weight excluding hydrogens is 502 g/mol. The molecule has 1 aliphatic heterocycles. The van der Waals surface area contributed by atoms with Gasteiger partial charge in [-0.15, -0.1) is 0 Å². The van der Waals surface area contributed by atoms with Gasteiger partial charge in [0.25, 0.3) is 5.91 Å². The van der Waals surface area contributed by atoms with E-state index in [9.17, 15) is 9.70 Å². The minimum absolute atomic E-state index is 0.0421. The van der Waals surface area contributed by atoms with Gasteiger partial charge in [0.2, 0.25) is 0 Å². The summed E-state index contributed by atoms with van der Waals surface area (Å²) in [7, 11) is 5.98. The Labute approximate surface area is 240 Å². The van der Waals surface area contributed by atoms with Gasteiger partial charge in [-0.1, -0.05) is 36.7 Å². The van der Waals surface area contributed by atoms with E-state index in [4.69, 9.17) is 4.98 Å². The predicted octanol–water partition coefficient (Wildman–Crippen LogP) is 4.41. The van der Waals surface area contributed by atoms with Gasteiger partial charge in [0, 0.05) is 49.9 Å². The van der Waals surface area contributed by atoms with Crippen LogP contribution >= 0.6 is 0 Å². The van der Waals surface area contributed by atoms with Crippen molar-refractivity contribution < 1.29 is 4.79 Å². The third-order valence-corrected chi connectivity index (χ3v) is 7.71. The molecule has 40 heavy (non-hydrogen) atoms. The van der Waals surface area contributed by atoms with E-state index in [0.29, 0.717) is 18.5 Å². The third kappa shape index (κ3) is 8.81. The van der Waals surface area contributed by atoms with Crippen molar-refractivity contribution in [2.24, 2.45) is 11.1 Å². The number of pyridine rings is 1. The molecule has 1 amide bonds. The van der Waals surface area contributed by atoms with Gasteiger partial charge in [0.1, 0.15) is 5.82 Å². The monoisotopic (exact) mass is 551 g/mol. The van der Waals surface area contributed by atoms with Crippen molar-refractivity contribution in [1.82, 2.24) is 25.8 Å². The standard InChI is InChI=1S/C31H49N7O2/c1-22(2)38-21-28-27(31(39)34-19-23(3)9-7-12-26(36-40)13-14-32-4)18-29(35-30(28)38)25-11-8-10-24(17-25)20-37(6)16-15-33-5/h8,10-11,17-18,22-23,26,32-33H,7,9,12-16,19-21H2,1-6H3,(H,34,39). The molecule has 2 heterocycles. The fourth-order valence-electron chi connectivity index (χ4n) is 5.13. The Morgan fingerprint density at radius 1 is 1.10 bits per heavy atom. The van der Waals surface area contributed by atoms with Crippen LogP contribution < -0.4 is 20.9 Å². The molecule has 2 aromatic rings. The average molecular weight is 552 g/mol. The molecule has 1 aliphatic rings. The fourth-order valence-corrected chi connectivity index (χ4v) is 5.13. The molecule has 0 saturated carbocycles. The first-order chi connectivity index (χ1) is 19.3. The number of benzene rings is 1. The molecule has 0 radical (unpaired) electrons. The highest BCUT2D eigenvalue weighted by atomic mass is 16.3. The van der Waals surface area contributed by atoms with Crippen LogP contribution in [0.4, 0.5) is 5.82 Å². The number of amides is 1. The van der Waals surface area contributed by atoms with Crippen molar-refractivity contribution in [3.63, 3.8) is 0 Å². The van der Waals surface area contributed by atoms with Gasteiger partial charge in [0.15, 0.2) is 0 Å². The molecule has 3 rings (SSSR count). The number of aromatic nitrogens is 1. The van der Waals surface area contributed by atoms with E-state index in [-0.39, 0.29) is 11.9 Å². The number of hydrogen-bond acceptors (Lipinski definition) is 8. The van der Waals surface area contributed by atoms with E-state index < -0.39 is 0 Å². The summed E-state index contributed by atoms with van der Waals surface area (Å²) in [4.78, 5) is 34.1. The molecule has 0 fully saturated rings. The minimum atomic E-state index is -0.139. The number of carbonyl (C=O) groups is 1. The van der Waals surface area contributed by atoms with Crippen molar-refractivity contribution in [3.8, 4) is 11.3 Å². The topological polar surface area (TPSA) is 102 Å². The summed E-state index contributed by atoms with van der Waals surface area (Å²) in [5.41, 5.74) is 4.82. The highest BCUT2D eigenvalue weighted by Crippen LogP contribution is 2.38. The molecule has 0 bridgehead atoms. The van der Waals surface area contributed by atoms with Gasteiger partial charge in [-0.2, -0.15) is 4.91 Å². The lowest BCUT2D eigenvalue weighted by Gasteiger charge is -2.39. The molecule has 0 saturated heterocycles. The van der Waals surface area contributed by atoms with E-state index in [2.05, 4.69) is 83.0 Å². The number of carbonyl (C=O) groups excluding carboxylic acids is 1. The maximum atomic E-state index is 13.4. The van der Waals surface area contributed by atoms with Crippen molar-refractivity contribution >= 4 is 11.7 Å². The second kappa shape index (κ2) is 15.8. The molecule has 9 heteroatoms. The Bertz CT molecular complexity index is 1110. The van der Waals surface area contributed by atoms with E-state index in [1.165, 1.54) is 5.56 Å². The number of anilines is 1. The SMILES string of the molecule is CNCCC(CCCC(C)CNC(=O)c1cc(-c2cccc(CN(C)CCNC)c2)nc2c1CN2C(C)C)N=O. The Kier molecular flexibility index (Phi) is 12.5. The first kappa shape index (κ1) is 31.6. The molecule has 2 unspecified atom stereocenters. The van der Waals surface area contributed by atoms with Crippen LogP contribution in [-0.2, 0) is 13.1 Å². The normalized spacial score (nSPS) is 14.2. The third-order valence-electron chi connectivity index (χ3n) is 7.71. The van der Waals surface area contributed by atoms with Gasteiger partial charge < -0.3 is 25.8 Å². The molecule has 9 nitrogen and oxygen atoms in total. The first-order valence-corrected chi connectivity index (χ1v) is 14.8. The average Bonchev–Trinajstić information content (AvgIpc) is 2.92. The van der Waals surface area contributed by atoms with Crippen LogP contribution in [0.15, 0.2) is 35.5 Å². The number of rotatable bonds is 18. The summed E-state index contributed by atoms with van der Waals surface area (Å²) in [6, 6.07) is 10.6. The maximum absolute atomic E-state index is 13.4. The van der Waals surface area contributed by atoms with Crippen molar-refractivity contribution in [2.45, 2.75) is 71.6 Å². The Hall–Kier alpha value is -2.88. The second-order valence-electron chi connectivity index (χ2n) is 11.5. The molecule has 3 N–H and O–H groups in total. The molecule has 0 aliphatic carbocycles. The summed E-state index contributed by atoms with van der Waals surface area (Å²) in [6.07, 6.45) is 3.43. The number of nitroso groups, excluding NO2 is 1. The van der Waals surface area contributed by atoms with Gasteiger partial charge in [-0.05, 0) is 84.4 Å². The highest BCUT2D eigenvalue weighted by Gasteiger charge is 2.32. The number of nitrogens with zero attached hydrogens (tertiary/aromatic N) is 4. The highest BCUT2D eigenvalue weighted by molar-refractivity contribution is 5.99. The van der Waals surface area contributed by atoms with Crippen LogP contribution in [-0.4, -0.2) is 75.2 Å². The van der Waals surface area contributed by atoms with Crippen molar-refractivity contribution in [3.05, 3.63) is 51.9 Å². The van der Waals surface area contributed by atoms with E-state index in [1.54, 1.807) is 0 Å². The predicted molar refractivity (Wildman–Crippen MR) is 165 cm³/mol. The Morgan fingerprint density at radius 3 is 2.58 bits per heavy atom. The lowest BCUT2D eigenvalue weighted by atomic mass is 9.96. The zero-order chi connectivity index (χ0) is 29.1. The number of fused-ring (bicyclic) bond motifs is 1. The van der Waals surface area contributed by atoms with E-state index in [0.717, 1.165) is 86.6 Å². The van der Waals surface area contributed by atoms with Crippen LogP contribution in [0.1, 0.15) is 67.9 Å². The molecular formula is C31H49N7O2. The number of likely N-dealkylation sites (N-methyl/N-ethyl adjacent to an activating group) is 2. The molecule has 220 valence electrons. The Balaban J connectivity index is 1.70. The summed E-state index contributed by atoms with van der Waals surface area (Å²) in [5.74, 6) is 1.19. The lowest BCUT2D eigenvalue weighted by Crippen LogP contribution is -2.41. The van der Waals surface area contributed by atoms with Crippen LogP contribution in [0.25, 0.3) is 11.3 Å². The minimum Gasteiger partial charge on any atom is -0.352 e. The summed E-state index contributed by atoms with van der Waals surface area (Å²) < 4.78 is 0. The van der Waals surface area contributed by atoms with Crippen LogP contribution in [0.2, 0.25) is 0 Å². The van der Waals surface area contributed by atoms with Gasteiger partial charge in [-0.3, -0.25) is 4.79 Å². The molecule has 2 atom stereocenters. The van der Waals surface area contributed by atoms with Crippen molar-refractivity contribution in [2.75, 3.05) is 52.2 Å². The van der Waals surface area contributed by atoms with Crippen LogP contribution in [0.3, 0.4) is 0 Å². The lowest BCUT2D eigenvalue weighted by molar-refractivity contribution is 0.0945. The quantitative estimate of drug-likeness (QED) is 0.236. The Morgan fingerprint density at radius 2 is 1.88 bits per heavy atom. The van der Waals surface area contributed by atoms with Crippen LogP contribution in [0, 0.1) is 10.8 Å². The zero-order valence-corrected chi connectivity index (χ0v) is 25.3. The van der Waals surface area contributed by atoms with E-state index >= 15 is 0 Å². The number of hydrogen-bond donors (Lipinski definition) is 3. The van der Waals surface area contributed by atoms with Crippen LogP contribution in [0.5, 0.6) is 0 Å². The molecule has 0 spiro atoms. The molecule has 1 aromatic carbocycles. The molecule has 1 aromatic heterocycles. The van der Waals surface area contributed by atoms with Gasteiger partial charge in [-0.25, -0.2) is 4.98 Å². The maximum Gasteiger partial charge on any atom is 0.251 e. The second-order valence-corrected chi connectivity index (χ2v) is 11.5. The summed E-state index contributed by atoms with van der Waals surface area (Å²) >= 11 is 0.